The molecular weight excluding hydrogens is 374 g/mol. The zero-order valence-electron chi connectivity index (χ0n) is 14.6. The van der Waals surface area contributed by atoms with Crippen molar-refractivity contribution in [1.82, 2.24) is 15.7 Å². The summed E-state index contributed by atoms with van der Waals surface area (Å²) in [6, 6.07) is -0.802. The molecule has 0 radical (unpaired) electrons. The standard InChI is InChI=1S/C17H19N3O6S/c1-26-19-14(22)10-8-27-16-12(15(23)20(16)13(10)17(24)25)18-11(21)7-9-5-3-2-4-6-9/h2-3,6,12,16H,4-5,7-8H2,1H3,(H,18,21)(H,19,22)(H,24,25)/t12?,16-/m0/s1. The van der Waals surface area contributed by atoms with E-state index in [1.807, 2.05) is 18.2 Å². The van der Waals surface area contributed by atoms with Crippen molar-refractivity contribution < 1.29 is 29.1 Å². The fraction of sp³-hybridized carbons (Fsp3) is 0.412. The highest BCUT2D eigenvalue weighted by Crippen LogP contribution is 2.40. The topological polar surface area (TPSA) is 125 Å². The van der Waals surface area contributed by atoms with E-state index >= 15 is 0 Å². The minimum Gasteiger partial charge on any atom is -0.477 e. The Hall–Kier alpha value is -2.59. The summed E-state index contributed by atoms with van der Waals surface area (Å²) in [6.45, 7) is 0. The van der Waals surface area contributed by atoms with Gasteiger partial charge in [-0.05, 0) is 12.8 Å². The number of fused-ring (bicyclic) bond motifs is 1. The Bertz CT molecular complexity index is 788. The highest BCUT2D eigenvalue weighted by atomic mass is 32.2. The van der Waals surface area contributed by atoms with Crippen LogP contribution in [-0.4, -0.2) is 58.0 Å². The van der Waals surface area contributed by atoms with Crippen LogP contribution in [0.3, 0.4) is 0 Å². The summed E-state index contributed by atoms with van der Waals surface area (Å²) in [6.07, 6.45) is 7.69. The van der Waals surface area contributed by atoms with Crippen LogP contribution in [0.5, 0.6) is 0 Å². The molecule has 2 aliphatic heterocycles. The third-order valence-corrected chi connectivity index (χ3v) is 5.71. The lowest BCUT2D eigenvalue weighted by Crippen LogP contribution is -2.70. The smallest absolute Gasteiger partial charge is 0.353 e. The zero-order valence-corrected chi connectivity index (χ0v) is 15.4. The number of rotatable bonds is 6. The van der Waals surface area contributed by atoms with Crippen molar-refractivity contribution in [3.63, 3.8) is 0 Å². The Kier molecular flexibility index (Phi) is 5.66. The Balaban J connectivity index is 1.69. The first-order valence-corrected chi connectivity index (χ1v) is 9.35. The van der Waals surface area contributed by atoms with E-state index in [4.69, 9.17) is 0 Å². The largest absolute Gasteiger partial charge is 0.477 e. The van der Waals surface area contributed by atoms with Gasteiger partial charge in [0.15, 0.2) is 0 Å². The second kappa shape index (κ2) is 7.97. The van der Waals surface area contributed by atoms with Crippen molar-refractivity contribution >= 4 is 35.5 Å². The van der Waals surface area contributed by atoms with Crippen LogP contribution >= 0.6 is 11.8 Å². The van der Waals surface area contributed by atoms with Crippen LogP contribution in [0.25, 0.3) is 0 Å². The predicted molar refractivity (Wildman–Crippen MR) is 95.9 cm³/mol. The van der Waals surface area contributed by atoms with Gasteiger partial charge in [0.25, 0.3) is 11.8 Å². The fourth-order valence-corrected chi connectivity index (χ4v) is 4.51. The molecule has 3 N–H and O–H groups in total. The predicted octanol–water partition coefficient (Wildman–Crippen LogP) is 0.0691. The van der Waals surface area contributed by atoms with Gasteiger partial charge in [-0.15, -0.1) is 11.8 Å². The Labute approximate surface area is 159 Å². The molecule has 0 spiro atoms. The number of nitrogens with zero attached hydrogens (tertiary/aromatic N) is 1. The number of carboxylic acids is 1. The number of hydrogen-bond acceptors (Lipinski definition) is 6. The molecule has 0 aromatic heterocycles. The van der Waals surface area contributed by atoms with Crippen LogP contribution < -0.4 is 10.8 Å². The van der Waals surface area contributed by atoms with Gasteiger partial charge in [-0.2, -0.15) is 0 Å². The molecule has 0 aromatic carbocycles. The first-order chi connectivity index (χ1) is 12.9. The van der Waals surface area contributed by atoms with E-state index in [0.717, 1.165) is 16.9 Å². The number of carbonyl (C=O) groups excluding carboxylic acids is 3. The first kappa shape index (κ1) is 19.2. The molecule has 1 unspecified atom stereocenters. The van der Waals surface area contributed by atoms with Gasteiger partial charge in [-0.1, -0.05) is 23.8 Å². The molecule has 9 nitrogen and oxygen atoms in total. The van der Waals surface area contributed by atoms with Crippen LogP contribution in [0.1, 0.15) is 19.3 Å². The van der Waals surface area contributed by atoms with Gasteiger partial charge in [-0.3, -0.25) is 24.1 Å². The Morgan fingerprint density at radius 1 is 1.37 bits per heavy atom. The minimum atomic E-state index is -1.38. The number of allylic oxidation sites excluding steroid dienone is 3. The van der Waals surface area contributed by atoms with Gasteiger partial charge >= 0.3 is 5.97 Å². The molecule has 1 saturated heterocycles. The maximum Gasteiger partial charge on any atom is 0.353 e. The molecule has 144 valence electrons. The van der Waals surface area contributed by atoms with Gasteiger partial charge in [-0.25, -0.2) is 10.3 Å². The van der Waals surface area contributed by atoms with Crippen LogP contribution in [0.15, 0.2) is 35.1 Å². The molecular formula is C17H19N3O6S. The second-order valence-electron chi connectivity index (χ2n) is 6.17. The molecule has 3 aliphatic rings. The van der Waals surface area contributed by atoms with Crippen LogP contribution in [0.4, 0.5) is 0 Å². The number of hydroxylamine groups is 1. The summed E-state index contributed by atoms with van der Waals surface area (Å²) in [7, 11) is 1.23. The van der Waals surface area contributed by atoms with Gasteiger partial charge < -0.3 is 10.4 Å². The number of nitrogens with one attached hydrogen (secondary N) is 2. The van der Waals surface area contributed by atoms with E-state index in [0.29, 0.717) is 6.42 Å². The summed E-state index contributed by atoms with van der Waals surface area (Å²) >= 11 is 1.22. The molecule has 3 amide bonds. The molecule has 3 rings (SSSR count). The molecule has 1 aliphatic carbocycles. The number of amides is 3. The summed E-state index contributed by atoms with van der Waals surface area (Å²) in [5, 5.41) is 11.6. The van der Waals surface area contributed by atoms with Gasteiger partial charge in [0.2, 0.25) is 5.91 Å². The monoisotopic (exact) mass is 393 g/mol. The SMILES string of the molecule is CONC(=O)C1=C(C(=O)O)N2C(=O)C(NC(=O)CC3=CCC=CC3)[C@@H]2SC1. The van der Waals surface area contributed by atoms with E-state index in [9.17, 15) is 24.3 Å². The second-order valence-corrected chi connectivity index (χ2v) is 7.28. The lowest BCUT2D eigenvalue weighted by Gasteiger charge is -2.49. The number of β-lactam (4-membered cyclic amide) rings is 1. The van der Waals surface area contributed by atoms with E-state index < -0.39 is 29.2 Å². The number of thioether (sulfide) groups is 1. The summed E-state index contributed by atoms with van der Waals surface area (Å²) in [4.78, 5) is 53.9. The van der Waals surface area contributed by atoms with E-state index in [1.165, 1.54) is 18.9 Å². The van der Waals surface area contributed by atoms with Crippen molar-refractivity contribution in [2.24, 2.45) is 0 Å². The third-order valence-electron chi connectivity index (χ3n) is 4.43. The summed E-state index contributed by atoms with van der Waals surface area (Å²) < 4.78 is 0. The number of hydrogen-bond donors (Lipinski definition) is 3. The number of aliphatic carboxylic acids is 1. The molecule has 0 aromatic rings. The van der Waals surface area contributed by atoms with Crippen LogP contribution in [-0.2, 0) is 24.0 Å². The average molecular weight is 393 g/mol. The average Bonchev–Trinajstić information content (AvgIpc) is 2.65. The van der Waals surface area contributed by atoms with Crippen molar-refractivity contribution in [2.45, 2.75) is 30.7 Å². The van der Waals surface area contributed by atoms with Gasteiger partial charge in [0.1, 0.15) is 17.1 Å². The maximum atomic E-state index is 12.5. The molecule has 0 bridgehead atoms. The molecule has 27 heavy (non-hydrogen) atoms. The van der Waals surface area contributed by atoms with Crippen molar-refractivity contribution in [1.29, 1.82) is 0 Å². The molecule has 1 fully saturated rings. The van der Waals surface area contributed by atoms with Crippen LogP contribution in [0, 0.1) is 0 Å². The molecule has 10 heteroatoms. The molecule has 2 atom stereocenters. The number of carboxylic acid groups (broad SMARTS) is 1. The van der Waals surface area contributed by atoms with Crippen LogP contribution in [0.2, 0.25) is 0 Å². The summed E-state index contributed by atoms with van der Waals surface area (Å²) in [5.41, 5.74) is 2.63. The van der Waals surface area contributed by atoms with Crippen molar-refractivity contribution in [3.8, 4) is 0 Å². The molecule has 2 heterocycles. The molecule has 0 saturated carbocycles. The lowest BCUT2D eigenvalue weighted by molar-refractivity contribution is -0.151. The minimum absolute atomic E-state index is 0.0529. The quantitative estimate of drug-likeness (QED) is 0.331. The highest BCUT2D eigenvalue weighted by Gasteiger charge is 2.54. The fourth-order valence-electron chi connectivity index (χ4n) is 3.17. The number of carbonyl (C=O) groups is 4. The third kappa shape index (κ3) is 3.76. The van der Waals surface area contributed by atoms with E-state index in [2.05, 4.69) is 15.6 Å². The zero-order chi connectivity index (χ0) is 19.6. The Morgan fingerprint density at radius 2 is 2.15 bits per heavy atom. The normalized spacial score (nSPS) is 24.0. The summed E-state index contributed by atoms with van der Waals surface area (Å²) in [5.74, 6) is -2.82. The van der Waals surface area contributed by atoms with Crippen molar-refractivity contribution in [2.75, 3.05) is 12.9 Å². The lowest BCUT2D eigenvalue weighted by atomic mass is 10.00. The highest BCUT2D eigenvalue weighted by molar-refractivity contribution is 8.00. The Morgan fingerprint density at radius 3 is 2.78 bits per heavy atom. The van der Waals surface area contributed by atoms with Gasteiger partial charge in [0.05, 0.1) is 12.7 Å². The first-order valence-electron chi connectivity index (χ1n) is 8.30. The maximum absolute atomic E-state index is 12.5. The van der Waals surface area contributed by atoms with Gasteiger partial charge in [0, 0.05) is 12.2 Å². The van der Waals surface area contributed by atoms with E-state index in [-0.39, 0.29) is 29.4 Å². The van der Waals surface area contributed by atoms with E-state index in [1.54, 1.807) is 0 Å². The van der Waals surface area contributed by atoms with Crippen molar-refractivity contribution in [3.05, 3.63) is 35.1 Å².